The molecule has 3 aromatic rings. The molecular formula is C21H25N3. The van der Waals surface area contributed by atoms with Crippen LogP contribution in [0, 0.1) is 0 Å². The highest BCUT2D eigenvalue weighted by Crippen LogP contribution is 2.31. The first-order valence-electron chi connectivity index (χ1n) is 8.24. The average Bonchev–Trinajstić information content (AvgIpc) is 2.59. The van der Waals surface area contributed by atoms with Gasteiger partial charge in [0.1, 0.15) is 6.29 Å². The third-order valence-corrected chi connectivity index (χ3v) is 4.20. The second kappa shape index (κ2) is 7.04. The second-order valence-electron chi connectivity index (χ2n) is 6.51. The van der Waals surface area contributed by atoms with Gasteiger partial charge in [-0.25, -0.2) is 0 Å². The van der Waals surface area contributed by atoms with Crippen molar-refractivity contribution < 1.29 is 0 Å². The van der Waals surface area contributed by atoms with Crippen LogP contribution in [0.2, 0.25) is 0 Å². The van der Waals surface area contributed by atoms with E-state index < -0.39 is 0 Å². The summed E-state index contributed by atoms with van der Waals surface area (Å²) in [6, 6.07) is 25.7. The minimum Gasteiger partial charge on any atom is -0.312 e. The van der Waals surface area contributed by atoms with Gasteiger partial charge in [-0.1, -0.05) is 48.5 Å². The lowest BCUT2D eigenvalue weighted by molar-refractivity contribution is 0.135. The summed E-state index contributed by atoms with van der Waals surface area (Å²) >= 11 is 0. The van der Waals surface area contributed by atoms with Crippen LogP contribution in [0.3, 0.4) is 0 Å². The maximum atomic E-state index is 2.37. The monoisotopic (exact) mass is 319 g/mol. The largest absolute Gasteiger partial charge is 0.312 e. The zero-order chi connectivity index (χ0) is 17.1. The number of hydrogen-bond acceptors (Lipinski definition) is 3. The van der Waals surface area contributed by atoms with Crippen LogP contribution in [0.4, 0.5) is 11.4 Å². The predicted octanol–water partition coefficient (Wildman–Crippen LogP) is 4.38. The number of rotatable bonds is 5. The zero-order valence-corrected chi connectivity index (χ0v) is 14.8. The fourth-order valence-corrected chi connectivity index (χ4v) is 3.25. The van der Waals surface area contributed by atoms with Crippen LogP contribution in [0.25, 0.3) is 10.8 Å². The van der Waals surface area contributed by atoms with Crippen molar-refractivity contribution in [2.75, 3.05) is 33.1 Å². The summed E-state index contributed by atoms with van der Waals surface area (Å²) in [6.45, 7) is 0. The lowest BCUT2D eigenvalue weighted by Crippen LogP contribution is -2.51. The summed E-state index contributed by atoms with van der Waals surface area (Å²) in [5.41, 5.74) is 2.37. The summed E-state index contributed by atoms with van der Waals surface area (Å²) in [4.78, 5) is 6.82. The molecule has 0 spiro atoms. The van der Waals surface area contributed by atoms with Crippen molar-refractivity contribution in [2.24, 2.45) is 0 Å². The van der Waals surface area contributed by atoms with Crippen LogP contribution < -0.4 is 4.90 Å². The Morgan fingerprint density at radius 2 is 1.17 bits per heavy atom. The van der Waals surface area contributed by atoms with E-state index in [0.29, 0.717) is 0 Å². The minimum absolute atomic E-state index is 0.119. The molecule has 24 heavy (non-hydrogen) atoms. The SMILES string of the molecule is CN(C)C(N(C)C)N(c1ccccc1)c1ccc2ccccc2c1. The first kappa shape index (κ1) is 16.5. The maximum absolute atomic E-state index is 2.37. The van der Waals surface area contributed by atoms with Crippen molar-refractivity contribution in [3.05, 3.63) is 72.8 Å². The number of benzene rings is 3. The molecule has 0 aliphatic rings. The van der Waals surface area contributed by atoms with E-state index in [1.54, 1.807) is 0 Å². The van der Waals surface area contributed by atoms with Gasteiger partial charge in [-0.2, -0.15) is 0 Å². The van der Waals surface area contributed by atoms with Crippen LogP contribution in [0.5, 0.6) is 0 Å². The van der Waals surface area contributed by atoms with Crippen LogP contribution in [-0.4, -0.2) is 44.3 Å². The summed E-state index contributed by atoms with van der Waals surface area (Å²) in [7, 11) is 8.45. The second-order valence-corrected chi connectivity index (χ2v) is 6.51. The third kappa shape index (κ3) is 3.28. The van der Waals surface area contributed by atoms with Crippen LogP contribution in [0.15, 0.2) is 72.8 Å². The quantitative estimate of drug-likeness (QED) is 0.646. The van der Waals surface area contributed by atoms with Crippen molar-refractivity contribution in [1.82, 2.24) is 9.80 Å². The number of hydrogen-bond donors (Lipinski definition) is 0. The fourth-order valence-electron chi connectivity index (χ4n) is 3.25. The molecule has 0 atom stereocenters. The van der Waals surface area contributed by atoms with Gasteiger partial charge >= 0.3 is 0 Å². The van der Waals surface area contributed by atoms with E-state index in [9.17, 15) is 0 Å². The highest BCUT2D eigenvalue weighted by molar-refractivity contribution is 5.87. The molecule has 0 bridgehead atoms. The highest BCUT2D eigenvalue weighted by atomic mass is 15.5. The highest BCUT2D eigenvalue weighted by Gasteiger charge is 2.24. The molecule has 124 valence electrons. The van der Waals surface area contributed by atoms with Gasteiger partial charge in [0.25, 0.3) is 0 Å². The molecule has 0 amide bonds. The van der Waals surface area contributed by atoms with Gasteiger partial charge in [0.15, 0.2) is 0 Å². The maximum Gasteiger partial charge on any atom is 0.143 e. The third-order valence-electron chi connectivity index (χ3n) is 4.20. The number of fused-ring (bicyclic) bond motifs is 1. The van der Waals surface area contributed by atoms with Crippen molar-refractivity contribution in [3.8, 4) is 0 Å². The van der Waals surface area contributed by atoms with Crippen molar-refractivity contribution in [1.29, 1.82) is 0 Å². The van der Waals surface area contributed by atoms with Gasteiger partial charge in [-0.05, 0) is 63.2 Å². The lowest BCUT2D eigenvalue weighted by atomic mass is 10.1. The predicted molar refractivity (Wildman–Crippen MR) is 104 cm³/mol. The Balaban J connectivity index is 2.15. The molecule has 0 heterocycles. The Labute approximate surface area is 144 Å². The molecule has 0 radical (unpaired) electrons. The summed E-state index contributed by atoms with van der Waals surface area (Å²) < 4.78 is 0. The Morgan fingerprint density at radius 3 is 1.79 bits per heavy atom. The molecule has 0 unspecified atom stereocenters. The van der Waals surface area contributed by atoms with E-state index in [-0.39, 0.29) is 6.29 Å². The molecule has 3 heteroatoms. The van der Waals surface area contributed by atoms with Crippen LogP contribution in [-0.2, 0) is 0 Å². The fraction of sp³-hybridized carbons (Fsp3) is 0.238. The van der Waals surface area contributed by atoms with Crippen LogP contribution in [0.1, 0.15) is 0 Å². The Hall–Kier alpha value is -2.36. The Kier molecular flexibility index (Phi) is 4.84. The smallest absolute Gasteiger partial charge is 0.143 e. The average molecular weight is 319 g/mol. The molecule has 3 rings (SSSR count). The van der Waals surface area contributed by atoms with Crippen LogP contribution >= 0.6 is 0 Å². The number of nitrogens with zero attached hydrogens (tertiary/aromatic N) is 3. The molecule has 0 aliphatic carbocycles. The molecule has 0 aromatic heterocycles. The van der Waals surface area contributed by atoms with E-state index in [1.807, 2.05) is 0 Å². The lowest BCUT2D eigenvalue weighted by Gasteiger charge is -2.41. The molecule has 0 saturated heterocycles. The molecule has 0 fully saturated rings. The van der Waals surface area contributed by atoms with E-state index >= 15 is 0 Å². The topological polar surface area (TPSA) is 9.72 Å². The number of para-hydroxylation sites is 1. The van der Waals surface area contributed by atoms with Crippen molar-refractivity contribution in [2.45, 2.75) is 6.29 Å². The van der Waals surface area contributed by atoms with Gasteiger partial charge in [-0.15, -0.1) is 0 Å². The molecule has 0 saturated carbocycles. The number of anilines is 2. The van der Waals surface area contributed by atoms with Gasteiger partial charge < -0.3 is 4.90 Å². The first-order valence-corrected chi connectivity index (χ1v) is 8.24. The van der Waals surface area contributed by atoms with E-state index in [1.165, 1.54) is 22.1 Å². The molecule has 0 N–H and O–H groups in total. The van der Waals surface area contributed by atoms with Gasteiger partial charge in [-0.3, -0.25) is 9.80 Å². The normalized spacial score (nSPS) is 11.6. The van der Waals surface area contributed by atoms with Crippen molar-refractivity contribution in [3.63, 3.8) is 0 Å². The van der Waals surface area contributed by atoms with E-state index in [2.05, 4.69) is 116 Å². The Morgan fingerprint density at radius 1 is 0.583 bits per heavy atom. The standard InChI is InChI=1S/C21H25N3/c1-22(2)21(23(3)4)24(19-12-6-5-7-13-19)20-15-14-17-10-8-9-11-18(17)16-20/h5-16,21H,1-4H3. The summed E-state index contributed by atoms with van der Waals surface area (Å²) in [5, 5.41) is 2.52. The molecular weight excluding hydrogens is 294 g/mol. The minimum atomic E-state index is 0.119. The zero-order valence-electron chi connectivity index (χ0n) is 14.8. The molecule has 3 aromatic carbocycles. The summed E-state index contributed by atoms with van der Waals surface area (Å²) in [5.74, 6) is 0. The van der Waals surface area contributed by atoms with Gasteiger partial charge in [0.05, 0.1) is 0 Å². The Bertz CT molecular complexity index is 788. The first-order chi connectivity index (χ1) is 11.6. The van der Waals surface area contributed by atoms with Gasteiger partial charge in [0.2, 0.25) is 0 Å². The van der Waals surface area contributed by atoms with E-state index in [0.717, 1.165) is 0 Å². The molecule has 0 aliphatic heterocycles. The van der Waals surface area contributed by atoms with Gasteiger partial charge in [0, 0.05) is 11.4 Å². The van der Waals surface area contributed by atoms with Crippen molar-refractivity contribution >= 4 is 22.1 Å². The molecule has 3 nitrogen and oxygen atoms in total. The summed E-state index contributed by atoms with van der Waals surface area (Å²) in [6.07, 6.45) is 0.119. The van der Waals surface area contributed by atoms with E-state index in [4.69, 9.17) is 0 Å².